The fraction of sp³-hybridized carbons (Fsp3) is 0.500. The predicted molar refractivity (Wildman–Crippen MR) is 106 cm³/mol. The molecule has 0 unspecified atom stereocenters. The molecular formula is C22H32O5Ti. The van der Waals surface area contributed by atoms with E-state index in [2.05, 4.69) is 19.2 Å². The van der Waals surface area contributed by atoms with Crippen LogP contribution in [0.15, 0.2) is 30.4 Å². The van der Waals surface area contributed by atoms with E-state index >= 15 is 0 Å². The van der Waals surface area contributed by atoms with Crippen LogP contribution in [0.4, 0.5) is 0 Å². The minimum Gasteiger partial charge on any atom is -0.857 e. The Balaban J connectivity index is 0. The molecule has 5 nitrogen and oxygen atoms in total. The third-order valence-electron chi connectivity index (χ3n) is 4.46. The minimum atomic E-state index is -0.935. The van der Waals surface area contributed by atoms with Crippen LogP contribution in [-0.2, 0) is 57.0 Å². The normalized spacial score (nSPS) is 13.1. The Kier molecular flexibility index (Phi) is 15.7. The molecule has 0 spiro atoms. The molecule has 0 bridgehead atoms. The van der Waals surface area contributed by atoms with Crippen molar-refractivity contribution in [3.8, 4) is 0 Å². The first kappa shape index (κ1) is 28.7. The Labute approximate surface area is 183 Å². The summed E-state index contributed by atoms with van der Waals surface area (Å²) in [5.41, 5.74) is 7.29. The molecule has 2 aliphatic rings. The SMILES string of the molecule is C=C(C)C(=O)O.C=C(C)C(=O)O.C[O-].[Ti+2].[cH-]1c2c(c3c1CCCC3)CCCC2. The summed E-state index contributed by atoms with van der Waals surface area (Å²) in [5.74, 6) is -1.87. The summed E-state index contributed by atoms with van der Waals surface area (Å²) < 4.78 is 0. The summed E-state index contributed by atoms with van der Waals surface area (Å²) in [7, 11) is 0.750. The quantitative estimate of drug-likeness (QED) is 0.431. The second-order valence-electron chi connectivity index (χ2n) is 6.74. The summed E-state index contributed by atoms with van der Waals surface area (Å²) in [4.78, 5) is 19.2. The van der Waals surface area contributed by atoms with Gasteiger partial charge in [-0.15, -0.1) is 0 Å². The Morgan fingerprint density at radius 1 is 0.786 bits per heavy atom. The van der Waals surface area contributed by atoms with Crippen LogP contribution in [0.2, 0.25) is 0 Å². The van der Waals surface area contributed by atoms with Crippen LogP contribution in [0, 0.1) is 0 Å². The average molecular weight is 424 g/mol. The Morgan fingerprint density at radius 3 is 1.29 bits per heavy atom. The molecule has 6 heteroatoms. The molecule has 3 rings (SSSR count). The number of hydrogen-bond donors (Lipinski definition) is 2. The van der Waals surface area contributed by atoms with Gasteiger partial charge in [-0.25, -0.2) is 9.59 Å². The van der Waals surface area contributed by atoms with Crippen molar-refractivity contribution in [1.82, 2.24) is 0 Å². The maximum atomic E-state index is 9.60. The predicted octanol–water partition coefficient (Wildman–Crippen LogP) is 3.43. The van der Waals surface area contributed by atoms with Gasteiger partial charge in [-0.2, -0.15) is 35.4 Å². The average Bonchev–Trinajstić information content (AvgIpc) is 3.03. The van der Waals surface area contributed by atoms with Crippen molar-refractivity contribution in [2.45, 2.75) is 65.2 Å². The standard InChI is InChI=1S/C13H17.2C4H6O2.CH3O.Ti/c1-3-7-12-10(5-1)9-11-6-2-4-8-13(11)12;2*1-3(2)4(5)6;1-2;/h9H,1-8H2;2*1H2,2H3,(H,5,6);1H3;/q-1;;;-1;+2. The topological polar surface area (TPSA) is 97.7 Å². The van der Waals surface area contributed by atoms with Crippen molar-refractivity contribution in [1.29, 1.82) is 0 Å². The maximum absolute atomic E-state index is 9.60. The summed E-state index contributed by atoms with van der Waals surface area (Å²) in [6.45, 7) is 9.20. The Hall–Kier alpha value is -1.56. The van der Waals surface area contributed by atoms with Gasteiger partial charge in [0.05, 0.1) is 0 Å². The molecule has 2 aliphatic carbocycles. The van der Waals surface area contributed by atoms with Gasteiger partial charge in [-0.1, -0.05) is 64.5 Å². The fourth-order valence-corrected chi connectivity index (χ4v) is 3.08. The zero-order valence-electron chi connectivity index (χ0n) is 17.3. The van der Waals surface area contributed by atoms with Crippen molar-refractivity contribution in [2.24, 2.45) is 0 Å². The number of aryl methyl sites for hydroxylation is 2. The third-order valence-corrected chi connectivity index (χ3v) is 4.46. The molecule has 2 N–H and O–H groups in total. The number of aliphatic carboxylic acids is 2. The molecular weight excluding hydrogens is 392 g/mol. The van der Waals surface area contributed by atoms with Gasteiger partial charge in [0, 0.05) is 11.1 Å². The summed E-state index contributed by atoms with van der Waals surface area (Å²) in [5, 5.41) is 24.0. The third kappa shape index (κ3) is 10.1. The first-order valence-corrected chi connectivity index (χ1v) is 9.21. The molecule has 0 saturated heterocycles. The fourth-order valence-electron chi connectivity index (χ4n) is 3.08. The molecule has 1 aromatic rings. The molecule has 0 heterocycles. The number of rotatable bonds is 2. The smallest absolute Gasteiger partial charge is 0.857 e. The van der Waals surface area contributed by atoms with E-state index in [1.54, 1.807) is 22.3 Å². The van der Waals surface area contributed by atoms with Gasteiger partial charge in [-0.3, -0.25) is 0 Å². The first-order valence-electron chi connectivity index (χ1n) is 9.21. The van der Waals surface area contributed by atoms with Crippen LogP contribution in [0.3, 0.4) is 0 Å². The van der Waals surface area contributed by atoms with Crippen molar-refractivity contribution < 1.29 is 46.6 Å². The Morgan fingerprint density at radius 2 is 1.04 bits per heavy atom. The van der Waals surface area contributed by atoms with E-state index < -0.39 is 11.9 Å². The van der Waals surface area contributed by atoms with Gasteiger partial charge in [0.2, 0.25) is 0 Å². The molecule has 0 aliphatic heterocycles. The van der Waals surface area contributed by atoms with Gasteiger partial charge < -0.3 is 15.3 Å². The second-order valence-corrected chi connectivity index (χ2v) is 6.74. The summed E-state index contributed by atoms with van der Waals surface area (Å²) >= 11 is 0. The second kappa shape index (κ2) is 15.4. The van der Waals surface area contributed by atoms with E-state index in [-0.39, 0.29) is 32.9 Å². The molecule has 0 fully saturated rings. The van der Waals surface area contributed by atoms with Crippen LogP contribution in [-0.4, -0.2) is 29.3 Å². The number of carbonyl (C=O) groups is 2. The van der Waals surface area contributed by atoms with E-state index in [9.17, 15) is 9.59 Å². The van der Waals surface area contributed by atoms with Gasteiger partial charge in [0.1, 0.15) is 0 Å². The van der Waals surface area contributed by atoms with E-state index in [1.165, 1.54) is 65.2 Å². The molecule has 0 aromatic heterocycles. The molecule has 0 amide bonds. The van der Waals surface area contributed by atoms with Crippen LogP contribution in [0.25, 0.3) is 0 Å². The number of carboxylic acids is 2. The molecule has 0 saturated carbocycles. The number of carboxylic acid groups (broad SMARTS) is 2. The van der Waals surface area contributed by atoms with Crippen LogP contribution < -0.4 is 5.11 Å². The maximum Gasteiger partial charge on any atom is 2.00 e. The number of hydrogen-bond acceptors (Lipinski definition) is 3. The van der Waals surface area contributed by atoms with E-state index in [0.717, 1.165) is 7.11 Å². The molecule has 28 heavy (non-hydrogen) atoms. The van der Waals surface area contributed by atoms with Gasteiger partial charge >= 0.3 is 33.7 Å². The van der Waals surface area contributed by atoms with Gasteiger partial charge in [0.15, 0.2) is 0 Å². The number of fused-ring (bicyclic) bond motifs is 3. The Bertz CT molecular complexity index is 580. The van der Waals surface area contributed by atoms with Gasteiger partial charge in [0.25, 0.3) is 0 Å². The zero-order valence-corrected chi connectivity index (χ0v) is 18.8. The largest absolute Gasteiger partial charge is 2.00 e. The van der Waals surface area contributed by atoms with Crippen molar-refractivity contribution in [3.63, 3.8) is 0 Å². The summed E-state index contributed by atoms with van der Waals surface area (Å²) in [6.07, 6.45) is 11.2. The van der Waals surface area contributed by atoms with Crippen molar-refractivity contribution >= 4 is 11.9 Å². The first-order chi connectivity index (χ1) is 12.7. The van der Waals surface area contributed by atoms with E-state index in [1.807, 2.05) is 0 Å². The van der Waals surface area contributed by atoms with Crippen molar-refractivity contribution in [3.05, 3.63) is 52.6 Å². The van der Waals surface area contributed by atoms with E-state index in [4.69, 9.17) is 15.3 Å². The molecule has 1 aromatic carbocycles. The van der Waals surface area contributed by atoms with Gasteiger partial charge in [-0.05, 0) is 13.8 Å². The molecule has 154 valence electrons. The minimum absolute atomic E-state index is 0. The summed E-state index contributed by atoms with van der Waals surface area (Å²) in [6, 6.07) is 2.52. The van der Waals surface area contributed by atoms with E-state index in [0.29, 0.717) is 0 Å². The van der Waals surface area contributed by atoms with Crippen LogP contribution in [0.5, 0.6) is 0 Å². The van der Waals surface area contributed by atoms with Crippen LogP contribution >= 0.6 is 0 Å². The molecule has 0 atom stereocenters. The zero-order chi connectivity index (χ0) is 21.0. The molecule has 0 radical (unpaired) electrons. The van der Waals surface area contributed by atoms with Crippen molar-refractivity contribution in [2.75, 3.05) is 7.11 Å². The van der Waals surface area contributed by atoms with Crippen LogP contribution in [0.1, 0.15) is 61.8 Å². The monoisotopic (exact) mass is 424 g/mol.